The van der Waals surface area contributed by atoms with Gasteiger partial charge >= 0.3 is 0 Å². The Hall–Kier alpha value is -4.32. The predicted octanol–water partition coefficient (Wildman–Crippen LogP) is 3.10. The Kier molecular flexibility index (Phi) is 7.31. The van der Waals surface area contributed by atoms with Gasteiger partial charge in [0.15, 0.2) is 0 Å². The first-order valence-electron chi connectivity index (χ1n) is 13.0. The molecule has 2 aromatic carbocycles. The van der Waals surface area contributed by atoms with Crippen molar-refractivity contribution in [3.63, 3.8) is 0 Å². The zero-order valence-corrected chi connectivity index (χ0v) is 21.3. The summed E-state index contributed by atoms with van der Waals surface area (Å²) in [6.07, 6.45) is 2.22. The summed E-state index contributed by atoms with van der Waals surface area (Å²) in [6.45, 7) is 1.01. The van der Waals surface area contributed by atoms with Crippen LogP contribution < -0.4 is 15.4 Å². The van der Waals surface area contributed by atoms with Crippen molar-refractivity contribution < 1.29 is 19.1 Å². The Balaban J connectivity index is 1.39. The van der Waals surface area contributed by atoms with E-state index in [-0.39, 0.29) is 36.0 Å². The maximum Gasteiger partial charge on any atom is 0.271 e. The molecule has 0 saturated carbocycles. The molecule has 2 aliphatic heterocycles. The van der Waals surface area contributed by atoms with Crippen LogP contribution in [-0.2, 0) is 9.59 Å². The van der Waals surface area contributed by atoms with Crippen LogP contribution in [0.2, 0.25) is 0 Å². The third-order valence-electron chi connectivity index (χ3n) is 7.60. The number of H-pyrrole nitrogens is 1. The molecule has 0 bridgehead atoms. The number of rotatable bonds is 7. The van der Waals surface area contributed by atoms with Gasteiger partial charge in [-0.2, -0.15) is 5.26 Å². The summed E-state index contributed by atoms with van der Waals surface area (Å²) in [4.78, 5) is 44.3. The van der Waals surface area contributed by atoms with Crippen molar-refractivity contribution in [3.05, 3.63) is 65.9 Å². The fraction of sp³-hybridized carbons (Fsp3) is 0.379. The first kappa shape index (κ1) is 25.3. The van der Waals surface area contributed by atoms with Crippen molar-refractivity contribution in [2.24, 2.45) is 5.92 Å². The summed E-state index contributed by atoms with van der Waals surface area (Å²) in [5.74, 6) is -0.441. The van der Waals surface area contributed by atoms with Crippen molar-refractivity contribution in [3.8, 4) is 11.8 Å². The van der Waals surface area contributed by atoms with E-state index in [1.54, 1.807) is 18.1 Å². The van der Waals surface area contributed by atoms with Gasteiger partial charge in [-0.1, -0.05) is 36.4 Å². The number of nitrogens with one attached hydrogen (secondary N) is 3. The van der Waals surface area contributed by atoms with Crippen molar-refractivity contribution in [1.82, 2.24) is 20.5 Å². The van der Waals surface area contributed by atoms with Crippen LogP contribution in [0.1, 0.15) is 47.7 Å². The number of methoxy groups -OCH3 is 1. The molecular formula is C29H31N5O4. The van der Waals surface area contributed by atoms with E-state index in [0.29, 0.717) is 37.4 Å². The lowest BCUT2D eigenvalue weighted by atomic mass is 9.91. The summed E-state index contributed by atoms with van der Waals surface area (Å²) in [5, 5.41) is 16.2. The number of ether oxygens (including phenoxy) is 1. The number of piperidine rings is 1. The Bertz CT molecular complexity index is 1380. The Morgan fingerprint density at radius 3 is 2.76 bits per heavy atom. The zero-order chi connectivity index (χ0) is 26.6. The molecule has 38 heavy (non-hydrogen) atoms. The lowest BCUT2D eigenvalue weighted by Crippen LogP contribution is -2.49. The summed E-state index contributed by atoms with van der Waals surface area (Å²) in [6, 6.07) is 17.7. The Labute approximate surface area is 221 Å². The molecule has 2 saturated heterocycles. The third-order valence-corrected chi connectivity index (χ3v) is 7.60. The number of hydrogen-bond acceptors (Lipinski definition) is 5. The van der Waals surface area contributed by atoms with E-state index in [1.807, 2.05) is 48.5 Å². The molecule has 2 fully saturated rings. The number of aromatic nitrogens is 1. The van der Waals surface area contributed by atoms with Gasteiger partial charge in [0.1, 0.15) is 23.5 Å². The fourth-order valence-electron chi connectivity index (χ4n) is 5.61. The molecule has 3 heterocycles. The van der Waals surface area contributed by atoms with Crippen LogP contribution in [-0.4, -0.2) is 59.9 Å². The molecule has 0 unspecified atom stereocenters. The Morgan fingerprint density at radius 1 is 1.21 bits per heavy atom. The molecule has 0 spiro atoms. The number of carbonyl (C=O) groups excluding carboxylic acids is 3. The second-order valence-corrected chi connectivity index (χ2v) is 9.98. The van der Waals surface area contributed by atoms with E-state index in [1.165, 1.54) is 0 Å². The first-order valence-corrected chi connectivity index (χ1v) is 13.0. The molecule has 3 N–H and O–H groups in total. The molecule has 196 valence electrons. The number of amides is 3. The van der Waals surface area contributed by atoms with E-state index in [9.17, 15) is 19.6 Å². The molecular weight excluding hydrogens is 482 g/mol. The average molecular weight is 514 g/mol. The van der Waals surface area contributed by atoms with Crippen molar-refractivity contribution in [2.45, 2.75) is 43.7 Å². The maximum atomic E-state index is 13.8. The molecule has 0 radical (unpaired) electrons. The van der Waals surface area contributed by atoms with Crippen LogP contribution in [0.15, 0.2) is 54.6 Å². The second kappa shape index (κ2) is 11.0. The summed E-state index contributed by atoms with van der Waals surface area (Å²) in [7, 11) is 1.58. The van der Waals surface area contributed by atoms with E-state index in [2.05, 4.69) is 21.7 Å². The van der Waals surface area contributed by atoms with Gasteiger partial charge in [0, 0.05) is 35.8 Å². The van der Waals surface area contributed by atoms with Crippen LogP contribution in [0.4, 0.5) is 0 Å². The minimum Gasteiger partial charge on any atom is -0.496 e. The largest absolute Gasteiger partial charge is 0.496 e. The number of hydrogen-bond donors (Lipinski definition) is 3. The van der Waals surface area contributed by atoms with E-state index in [0.717, 1.165) is 22.9 Å². The Morgan fingerprint density at radius 2 is 2.03 bits per heavy atom. The average Bonchev–Trinajstić information content (AvgIpc) is 3.59. The normalized spacial score (nSPS) is 21.9. The zero-order valence-electron chi connectivity index (χ0n) is 21.3. The molecule has 4 atom stereocenters. The van der Waals surface area contributed by atoms with E-state index >= 15 is 0 Å². The van der Waals surface area contributed by atoms with Gasteiger partial charge < -0.3 is 25.3 Å². The molecule has 0 aliphatic carbocycles. The second-order valence-electron chi connectivity index (χ2n) is 9.98. The van der Waals surface area contributed by atoms with E-state index < -0.39 is 12.1 Å². The lowest BCUT2D eigenvalue weighted by Gasteiger charge is -2.27. The molecule has 1 aromatic heterocycles. The predicted molar refractivity (Wildman–Crippen MR) is 141 cm³/mol. The van der Waals surface area contributed by atoms with Gasteiger partial charge in [-0.25, -0.2) is 0 Å². The molecule has 9 nitrogen and oxygen atoms in total. The van der Waals surface area contributed by atoms with Gasteiger partial charge in [0.2, 0.25) is 11.8 Å². The quantitative estimate of drug-likeness (QED) is 0.447. The van der Waals surface area contributed by atoms with Crippen molar-refractivity contribution >= 4 is 28.6 Å². The molecule has 5 rings (SSSR count). The van der Waals surface area contributed by atoms with Gasteiger partial charge in [-0.05, 0) is 49.4 Å². The number of carbonyl (C=O) groups is 3. The topological polar surface area (TPSA) is 127 Å². The summed E-state index contributed by atoms with van der Waals surface area (Å²) in [5.41, 5.74) is 2.18. The minimum absolute atomic E-state index is 0.0283. The highest BCUT2D eigenvalue weighted by Gasteiger charge is 2.41. The molecule has 3 amide bonds. The van der Waals surface area contributed by atoms with Crippen LogP contribution in [0.5, 0.6) is 5.75 Å². The van der Waals surface area contributed by atoms with Crippen molar-refractivity contribution in [2.75, 3.05) is 20.2 Å². The van der Waals surface area contributed by atoms with Gasteiger partial charge in [0.25, 0.3) is 5.91 Å². The maximum absolute atomic E-state index is 13.8. The highest BCUT2D eigenvalue weighted by Crippen LogP contribution is 2.34. The van der Waals surface area contributed by atoms with Gasteiger partial charge in [-0.3, -0.25) is 14.4 Å². The van der Waals surface area contributed by atoms with Crippen LogP contribution in [0.3, 0.4) is 0 Å². The fourth-order valence-corrected chi connectivity index (χ4v) is 5.61. The number of fused-ring (bicyclic) bond motifs is 1. The van der Waals surface area contributed by atoms with Gasteiger partial charge in [0.05, 0.1) is 13.2 Å². The monoisotopic (exact) mass is 513 g/mol. The summed E-state index contributed by atoms with van der Waals surface area (Å²) >= 11 is 0. The number of aromatic amines is 1. The van der Waals surface area contributed by atoms with Crippen LogP contribution in [0, 0.1) is 17.2 Å². The minimum atomic E-state index is -0.818. The lowest BCUT2D eigenvalue weighted by molar-refractivity contribution is -0.128. The van der Waals surface area contributed by atoms with Gasteiger partial charge in [-0.15, -0.1) is 0 Å². The SMILES string of the molecule is COc1cccc2[nH]c(C(=O)N3C[C@H](c4ccccc4)C[C@H]3C(=O)N[C@H](C#N)C[C@@H]3CCCNC3=O)cc12. The smallest absolute Gasteiger partial charge is 0.271 e. The van der Waals surface area contributed by atoms with Crippen LogP contribution in [0.25, 0.3) is 10.9 Å². The van der Waals surface area contributed by atoms with Crippen LogP contribution >= 0.6 is 0 Å². The highest BCUT2D eigenvalue weighted by atomic mass is 16.5. The first-order chi connectivity index (χ1) is 18.5. The highest BCUT2D eigenvalue weighted by molar-refractivity contribution is 6.02. The third kappa shape index (κ3) is 5.07. The van der Waals surface area contributed by atoms with E-state index in [4.69, 9.17) is 4.74 Å². The number of likely N-dealkylation sites (tertiary alicyclic amines) is 1. The summed E-state index contributed by atoms with van der Waals surface area (Å²) < 4.78 is 5.44. The molecule has 2 aliphatic rings. The standard InChI is InChI=1S/C29H31N5O4/c1-38-26-11-5-10-23-22(26)15-24(33-23)29(37)34-17-20(18-7-3-2-4-8-18)14-25(34)28(36)32-21(16-30)13-19-9-6-12-31-27(19)35/h2-5,7-8,10-11,15,19-21,25,33H,6,9,12-14,17H2,1H3,(H,31,35)(H,32,36)/t19-,20+,21-,25-/m0/s1. The van der Waals surface area contributed by atoms with Crippen molar-refractivity contribution in [1.29, 1.82) is 5.26 Å². The molecule has 3 aromatic rings. The number of benzene rings is 2. The number of nitrogens with zero attached hydrogens (tertiary/aromatic N) is 2. The number of nitriles is 1. The molecule has 9 heteroatoms.